The van der Waals surface area contributed by atoms with Crippen molar-refractivity contribution in [3.05, 3.63) is 35.4 Å². The van der Waals surface area contributed by atoms with Crippen molar-refractivity contribution in [1.29, 1.82) is 0 Å². The molecule has 2 heterocycles. The van der Waals surface area contributed by atoms with Crippen molar-refractivity contribution in [2.24, 2.45) is 11.3 Å². The molecule has 1 aromatic carbocycles. The summed E-state index contributed by atoms with van der Waals surface area (Å²) >= 11 is 0. The van der Waals surface area contributed by atoms with Crippen LogP contribution in [-0.2, 0) is 15.1 Å². The fourth-order valence-corrected chi connectivity index (χ4v) is 6.63. The summed E-state index contributed by atoms with van der Waals surface area (Å²) < 4.78 is 13.4. The Morgan fingerprint density at radius 3 is 2.80 bits per heavy atom. The first-order valence-corrected chi connectivity index (χ1v) is 9.18. The first kappa shape index (κ1) is 15.4. The molecule has 2 aliphatic heterocycles. The van der Waals surface area contributed by atoms with E-state index in [0.717, 1.165) is 48.9 Å². The highest BCUT2D eigenvalue weighted by atomic mass is 16.6. The Morgan fingerprint density at radius 1 is 1.24 bits per heavy atom. The SMILES string of the molecule is CC1(C)O[C@]23C=C(C=O)CC[C@]24[C@H]1CC[C@]4(C)Oc1ccc(O)cc13. The smallest absolute Gasteiger partial charge is 0.145 e. The maximum atomic E-state index is 11.6. The molecule has 2 fully saturated rings. The summed E-state index contributed by atoms with van der Waals surface area (Å²) in [6.07, 6.45) is 6.66. The molecular formula is C21H24O4. The Labute approximate surface area is 147 Å². The lowest BCUT2D eigenvalue weighted by Crippen LogP contribution is -2.62. The van der Waals surface area contributed by atoms with E-state index < -0.39 is 5.60 Å². The molecule has 132 valence electrons. The third-order valence-electron chi connectivity index (χ3n) is 7.42. The number of rotatable bonds is 1. The number of ether oxygens (including phenoxy) is 2. The highest BCUT2D eigenvalue weighted by molar-refractivity contribution is 5.75. The van der Waals surface area contributed by atoms with Crippen molar-refractivity contribution in [2.75, 3.05) is 0 Å². The third kappa shape index (κ3) is 1.52. The summed E-state index contributed by atoms with van der Waals surface area (Å²) in [6, 6.07) is 5.25. The third-order valence-corrected chi connectivity index (χ3v) is 7.42. The van der Waals surface area contributed by atoms with Gasteiger partial charge in [-0.1, -0.05) is 0 Å². The molecule has 4 nitrogen and oxygen atoms in total. The number of phenolic OH excluding ortho intramolecular Hbond substituents is 1. The van der Waals surface area contributed by atoms with Crippen LogP contribution in [-0.4, -0.2) is 22.6 Å². The van der Waals surface area contributed by atoms with Crippen molar-refractivity contribution in [3.8, 4) is 11.5 Å². The van der Waals surface area contributed by atoms with Gasteiger partial charge in [0.05, 0.1) is 11.0 Å². The molecule has 4 aliphatic rings. The van der Waals surface area contributed by atoms with Crippen LogP contribution in [0.3, 0.4) is 0 Å². The summed E-state index contributed by atoms with van der Waals surface area (Å²) in [4.78, 5) is 11.6. The van der Waals surface area contributed by atoms with E-state index in [1.165, 1.54) is 0 Å². The van der Waals surface area contributed by atoms with E-state index in [4.69, 9.17) is 9.47 Å². The van der Waals surface area contributed by atoms with Crippen molar-refractivity contribution >= 4 is 6.29 Å². The fourth-order valence-electron chi connectivity index (χ4n) is 6.63. The van der Waals surface area contributed by atoms with Crippen LogP contribution < -0.4 is 4.74 Å². The predicted octanol–water partition coefficient (Wildman–Crippen LogP) is 3.86. The molecule has 0 unspecified atom stereocenters. The molecule has 1 saturated heterocycles. The fraction of sp³-hybridized carbons (Fsp3) is 0.571. The molecular weight excluding hydrogens is 316 g/mol. The zero-order valence-electron chi connectivity index (χ0n) is 15.0. The topological polar surface area (TPSA) is 55.8 Å². The molecule has 0 amide bonds. The van der Waals surface area contributed by atoms with Crippen LogP contribution in [0.1, 0.15) is 52.0 Å². The van der Waals surface area contributed by atoms with Gasteiger partial charge in [0.25, 0.3) is 0 Å². The van der Waals surface area contributed by atoms with E-state index in [9.17, 15) is 9.90 Å². The summed E-state index contributed by atoms with van der Waals surface area (Å²) in [5.41, 5.74) is 0.0712. The molecule has 1 aromatic rings. The van der Waals surface area contributed by atoms with E-state index in [2.05, 4.69) is 20.8 Å². The molecule has 0 radical (unpaired) electrons. The Balaban J connectivity index is 1.91. The molecule has 4 heteroatoms. The Morgan fingerprint density at radius 2 is 2.04 bits per heavy atom. The van der Waals surface area contributed by atoms with Crippen LogP contribution in [0.25, 0.3) is 0 Å². The number of phenols is 1. The van der Waals surface area contributed by atoms with Gasteiger partial charge in [0.2, 0.25) is 0 Å². The number of aromatic hydroxyl groups is 1. The normalized spacial score (nSPS) is 42.7. The zero-order chi connectivity index (χ0) is 17.7. The number of hydrogen-bond donors (Lipinski definition) is 1. The maximum Gasteiger partial charge on any atom is 0.145 e. The summed E-state index contributed by atoms with van der Waals surface area (Å²) in [7, 11) is 0. The number of carbonyl (C=O) groups excluding carboxylic acids is 1. The lowest BCUT2D eigenvalue weighted by Gasteiger charge is -2.57. The first-order chi connectivity index (χ1) is 11.8. The van der Waals surface area contributed by atoms with Crippen LogP contribution in [0.15, 0.2) is 29.8 Å². The van der Waals surface area contributed by atoms with Gasteiger partial charge in [-0.2, -0.15) is 0 Å². The average molecular weight is 340 g/mol. The Hall–Kier alpha value is -1.81. The number of allylic oxidation sites excluding steroid dienone is 1. The summed E-state index contributed by atoms with van der Waals surface area (Å²) in [5.74, 6) is 1.31. The van der Waals surface area contributed by atoms with E-state index in [-0.39, 0.29) is 22.4 Å². The van der Waals surface area contributed by atoms with Crippen LogP contribution in [0.4, 0.5) is 0 Å². The van der Waals surface area contributed by atoms with Gasteiger partial charge in [-0.25, -0.2) is 0 Å². The highest BCUT2D eigenvalue weighted by Gasteiger charge is 2.79. The number of carbonyl (C=O) groups is 1. The van der Waals surface area contributed by atoms with Gasteiger partial charge >= 0.3 is 0 Å². The first-order valence-electron chi connectivity index (χ1n) is 9.18. The van der Waals surface area contributed by atoms with Gasteiger partial charge in [-0.05, 0) is 76.3 Å². The lowest BCUT2D eigenvalue weighted by molar-refractivity contribution is -0.169. The monoisotopic (exact) mass is 340 g/mol. The molecule has 0 aromatic heterocycles. The molecule has 1 N–H and O–H groups in total. The van der Waals surface area contributed by atoms with Gasteiger partial charge in [-0.3, -0.25) is 4.79 Å². The van der Waals surface area contributed by atoms with E-state index in [1.807, 2.05) is 12.1 Å². The number of hydrogen-bond acceptors (Lipinski definition) is 4. The minimum atomic E-state index is -0.715. The van der Waals surface area contributed by atoms with Gasteiger partial charge in [0.15, 0.2) is 0 Å². The molecule has 0 bridgehead atoms. The van der Waals surface area contributed by atoms with Crippen LogP contribution >= 0.6 is 0 Å². The zero-order valence-corrected chi connectivity index (χ0v) is 15.0. The Kier molecular flexibility index (Phi) is 2.65. The molecule has 2 aliphatic carbocycles. The number of aldehydes is 1. The second kappa shape index (κ2) is 4.29. The van der Waals surface area contributed by atoms with E-state index in [0.29, 0.717) is 5.92 Å². The predicted molar refractivity (Wildman–Crippen MR) is 92.5 cm³/mol. The molecule has 4 atom stereocenters. The van der Waals surface area contributed by atoms with E-state index >= 15 is 0 Å². The molecule has 25 heavy (non-hydrogen) atoms. The summed E-state index contributed by atoms with van der Waals surface area (Å²) in [5, 5.41) is 10.2. The van der Waals surface area contributed by atoms with E-state index in [1.54, 1.807) is 12.1 Å². The second-order valence-electron chi connectivity index (χ2n) is 8.85. The standard InChI is InChI=1S/C21H24O4/c1-18(2)17-7-8-19(3)20(17)9-6-13(12-22)11-21(20,25-18)15-10-14(23)4-5-16(15)24-19/h4-5,10-12,17,23H,6-9H2,1-3H3/t17-,19-,20+,21-/m0/s1. The quantitative estimate of drug-likeness (QED) is 0.789. The summed E-state index contributed by atoms with van der Waals surface area (Å²) in [6.45, 7) is 6.53. The van der Waals surface area contributed by atoms with Gasteiger partial charge in [0, 0.05) is 11.5 Å². The van der Waals surface area contributed by atoms with Crippen LogP contribution in [0.2, 0.25) is 0 Å². The minimum Gasteiger partial charge on any atom is -0.508 e. The second-order valence-corrected chi connectivity index (χ2v) is 8.85. The van der Waals surface area contributed by atoms with Crippen molar-refractivity contribution < 1.29 is 19.4 Å². The Bertz CT molecular complexity index is 825. The lowest BCUT2D eigenvalue weighted by atomic mass is 9.51. The molecule has 5 rings (SSSR count). The average Bonchev–Trinajstić information content (AvgIpc) is 2.97. The maximum absolute atomic E-state index is 11.6. The van der Waals surface area contributed by atoms with Gasteiger partial charge in [0.1, 0.15) is 29.0 Å². The van der Waals surface area contributed by atoms with Crippen LogP contribution in [0.5, 0.6) is 11.5 Å². The van der Waals surface area contributed by atoms with Crippen LogP contribution in [0, 0.1) is 11.3 Å². The minimum absolute atomic E-state index is 0.199. The molecule has 1 saturated carbocycles. The van der Waals surface area contributed by atoms with Crippen molar-refractivity contribution in [1.82, 2.24) is 0 Å². The number of fused-ring (bicyclic) bond motifs is 1. The molecule has 1 spiro atoms. The van der Waals surface area contributed by atoms with Gasteiger partial charge in [-0.15, -0.1) is 0 Å². The van der Waals surface area contributed by atoms with Crippen molar-refractivity contribution in [3.63, 3.8) is 0 Å². The van der Waals surface area contributed by atoms with Crippen molar-refractivity contribution in [2.45, 2.75) is 63.3 Å². The highest BCUT2D eigenvalue weighted by Crippen LogP contribution is 2.77. The van der Waals surface area contributed by atoms with Gasteiger partial charge < -0.3 is 14.6 Å². The largest absolute Gasteiger partial charge is 0.508 e. The number of benzene rings is 1.